The summed E-state index contributed by atoms with van der Waals surface area (Å²) < 4.78 is 25.0. The van der Waals surface area contributed by atoms with Gasteiger partial charge in [0.2, 0.25) is 5.91 Å². The fraction of sp³-hybridized carbons (Fsp3) is 0.200. The zero-order valence-electron chi connectivity index (χ0n) is 14.6. The minimum atomic E-state index is -0.467. The van der Waals surface area contributed by atoms with Crippen molar-refractivity contribution in [3.63, 3.8) is 0 Å². The minimum Gasteiger partial charge on any atom is -0.486 e. The van der Waals surface area contributed by atoms with Crippen LogP contribution in [0.15, 0.2) is 52.6 Å². The van der Waals surface area contributed by atoms with E-state index >= 15 is 0 Å². The van der Waals surface area contributed by atoms with Crippen molar-refractivity contribution in [3.8, 4) is 11.5 Å². The third-order valence-corrected chi connectivity index (χ3v) is 5.22. The summed E-state index contributed by atoms with van der Waals surface area (Å²) in [5, 5.41) is 5.42. The molecule has 1 unspecified atom stereocenters. The van der Waals surface area contributed by atoms with E-state index in [1.54, 1.807) is 24.3 Å². The third-order valence-electron chi connectivity index (χ3n) is 4.57. The zero-order chi connectivity index (χ0) is 19.7. The molecular formula is C20H16BrFN2O4. The Bertz CT molecular complexity index is 975. The highest BCUT2D eigenvalue weighted by Gasteiger charge is 2.29. The molecular weight excluding hydrogens is 431 g/mol. The first-order chi connectivity index (χ1) is 13.5. The lowest BCUT2D eigenvalue weighted by Crippen LogP contribution is -2.32. The topological polar surface area (TPSA) is 76.7 Å². The van der Waals surface area contributed by atoms with Crippen LogP contribution in [0.2, 0.25) is 0 Å². The number of rotatable bonds is 3. The number of halogens is 2. The molecule has 0 aliphatic carbocycles. The van der Waals surface area contributed by atoms with Crippen molar-refractivity contribution in [2.45, 2.75) is 12.3 Å². The summed E-state index contributed by atoms with van der Waals surface area (Å²) in [6.45, 7) is 0.906. The van der Waals surface area contributed by atoms with Gasteiger partial charge in [-0.15, -0.1) is 0 Å². The molecule has 2 heterocycles. The molecule has 2 aromatic rings. The number of ether oxygens (including phenoxy) is 2. The van der Waals surface area contributed by atoms with Crippen LogP contribution >= 0.6 is 15.9 Å². The number of fused-ring (bicyclic) bond motifs is 1. The Morgan fingerprint density at radius 1 is 1.14 bits per heavy atom. The van der Waals surface area contributed by atoms with Crippen molar-refractivity contribution < 1.29 is 23.5 Å². The van der Waals surface area contributed by atoms with Crippen LogP contribution in [0.1, 0.15) is 17.9 Å². The normalized spacial score (nSPS) is 18.1. The molecule has 6 nitrogen and oxygen atoms in total. The summed E-state index contributed by atoms with van der Waals surface area (Å²) >= 11 is 3.42. The van der Waals surface area contributed by atoms with E-state index in [1.807, 2.05) is 0 Å². The average molecular weight is 447 g/mol. The molecule has 0 radical (unpaired) electrons. The number of nitrogens with one attached hydrogen (secondary N) is 2. The van der Waals surface area contributed by atoms with E-state index in [4.69, 9.17) is 9.47 Å². The first kappa shape index (κ1) is 18.5. The van der Waals surface area contributed by atoms with Crippen LogP contribution < -0.4 is 20.1 Å². The standard InChI is InChI=1S/C20H16BrFN2O4/c21-15-8-17-18(28-6-5-27-17)9-16(15)24-20(26)14-10-23-19(25)7-13(14)11-1-3-12(22)4-2-11/h1-4,8-10,13H,5-7H2,(H,23,25)(H,24,26). The molecule has 2 aliphatic heterocycles. The molecule has 0 fully saturated rings. The highest BCUT2D eigenvalue weighted by atomic mass is 79.9. The van der Waals surface area contributed by atoms with Gasteiger partial charge in [0.1, 0.15) is 19.0 Å². The van der Waals surface area contributed by atoms with Crippen molar-refractivity contribution in [2.24, 2.45) is 0 Å². The molecule has 8 heteroatoms. The summed E-state index contributed by atoms with van der Waals surface area (Å²) in [5.74, 6) is -0.266. The van der Waals surface area contributed by atoms with Crippen molar-refractivity contribution in [1.82, 2.24) is 5.32 Å². The molecule has 0 saturated heterocycles. The van der Waals surface area contributed by atoms with E-state index in [-0.39, 0.29) is 24.1 Å². The Balaban J connectivity index is 1.61. The number of carbonyl (C=O) groups excluding carboxylic acids is 2. The Labute approximate surface area is 168 Å². The van der Waals surface area contributed by atoms with E-state index in [2.05, 4.69) is 26.6 Å². The van der Waals surface area contributed by atoms with Gasteiger partial charge in [0.05, 0.1) is 5.69 Å². The summed E-state index contributed by atoms with van der Waals surface area (Å²) in [5.41, 5.74) is 1.59. The Morgan fingerprint density at radius 3 is 2.54 bits per heavy atom. The third kappa shape index (κ3) is 3.73. The van der Waals surface area contributed by atoms with E-state index in [0.717, 1.165) is 0 Å². The molecule has 2 aliphatic rings. The van der Waals surface area contributed by atoms with Crippen LogP contribution in [0.3, 0.4) is 0 Å². The van der Waals surface area contributed by atoms with Crippen LogP contribution in [0, 0.1) is 5.82 Å². The van der Waals surface area contributed by atoms with Crippen molar-refractivity contribution in [3.05, 3.63) is 64.0 Å². The van der Waals surface area contributed by atoms with Gasteiger partial charge in [-0.1, -0.05) is 12.1 Å². The molecule has 28 heavy (non-hydrogen) atoms. The van der Waals surface area contributed by atoms with Crippen LogP contribution in [0.4, 0.5) is 10.1 Å². The number of amides is 2. The number of anilines is 1. The molecule has 0 saturated carbocycles. The van der Waals surface area contributed by atoms with E-state index in [1.165, 1.54) is 18.3 Å². The molecule has 0 aromatic heterocycles. The largest absolute Gasteiger partial charge is 0.486 e. The summed E-state index contributed by atoms with van der Waals surface area (Å²) in [6, 6.07) is 9.22. The lowest BCUT2D eigenvalue weighted by atomic mass is 9.86. The predicted octanol–water partition coefficient (Wildman–Crippen LogP) is 3.49. The van der Waals surface area contributed by atoms with E-state index in [0.29, 0.717) is 46.0 Å². The predicted molar refractivity (Wildman–Crippen MR) is 104 cm³/mol. The Kier molecular flexibility index (Phi) is 5.04. The molecule has 1 atom stereocenters. The van der Waals surface area contributed by atoms with Gasteiger partial charge in [-0.2, -0.15) is 0 Å². The fourth-order valence-electron chi connectivity index (χ4n) is 3.18. The van der Waals surface area contributed by atoms with Crippen molar-refractivity contribution >= 4 is 33.4 Å². The van der Waals surface area contributed by atoms with Gasteiger partial charge < -0.3 is 20.1 Å². The van der Waals surface area contributed by atoms with Crippen LogP contribution in [0.25, 0.3) is 0 Å². The number of carbonyl (C=O) groups is 2. The second-order valence-electron chi connectivity index (χ2n) is 6.41. The maximum atomic E-state index is 13.3. The Morgan fingerprint density at radius 2 is 1.82 bits per heavy atom. The number of hydrogen-bond donors (Lipinski definition) is 2. The molecule has 2 N–H and O–H groups in total. The zero-order valence-corrected chi connectivity index (χ0v) is 16.2. The van der Waals surface area contributed by atoms with Gasteiger partial charge in [0.25, 0.3) is 5.91 Å². The minimum absolute atomic E-state index is 0.104. The van der Waals surface area contributed by atoms with Gasteiger partial charge in [-0.3, -0.25) is 9.59 Å². The van der Waals surface area contributed by atoms with Crippen LogP contribution in [-0.4, -0.2) is 25.0 Å². The first-order valence-corrected chi connectivity index (χ1v) is 9.46. The molecule has 144 valence electrons. The fourth-order valence-corrected chi connectivity index (χ4v) is 3.61. The number of hydrogen-bond acceptors (Lipinski definition) is 4. The SMILES string of the molecule is O=C1CC(c2ccc(F)cc2)C(C(=O)Nc2cc3c(cc2Br)OCCO3)=CN1. The van der Waals surface area contributed by atoms with Crippen molar-refractivity contribution in [1.29, 1.82) is 0 Å². The average Bonchev–Trinajstić information content (AvgIpc) is 2.69. The highest BCUT2D eigenvalue weighted by molar-refractivity contribution is 9.10. The van der Waals surface area contributed by atoms with Crippen LogP contribution in [-0.2, 0) is 9.59 Å². The maximum absolute atomic E-state index is 13.3. The lowest BCUT2D eigenvalue weighted by molar-refractivity contribution is -0.121. The molecule has 0 spiro atoms. The monoisotopic (exact) mass is 446 g/mol. The summed E-state index contributed by atoms with van der Waals surface area (Å²) in [4.78, 5) is 24.8. The van der Waals surface area contributed by atoms with Gasteiger partial charge in [-0.25, -0.2) is 4.39 Å². The second-order valence-corrected chi connectivity index (χ2v) is 7.26. The smallest absolute Gasteiger partial charge is 0.253 e. The Hall–Kier alpha value is -2.87. The maximum Gasteiger partial charge on any atom is 0.253 e. The van der Waals surface area contributed by atoms with Gasteiger partial charge in [-0.05, 0) is 33.6 Å². The summed E-state index contributed by atoms with van der Waals surface area (Å²) in [6.07, 6.45) is 1.51. The second kappa shape index (κ2) is 7.63. The first-order valence-electron chi connectivity index (χ1n) is 8.66. The highest BCUT2D eigenvalue weighted by Crippen LogP contribution is 2.39. The number of benzene rings is 2. The van der Waals surface area contributed by atoms with E-state index < -0.39 is 5.92 Å². The van der Waals surface area contributed by atoms with Crippen LogP contribution in [0.5, 0.6) is 11.5 Å². The summed E-state index contributed by atoms with van der Waals surface area (Å²) in [7, 11) is 0. The van der Waals surface area contributed by atoms with Gasteiger partial charge in [0.15, 0.2) is 11.5 Å². The van der Waals surface area contributed by atoms with Gasteiger partial charge in [0, 0.05) is 40.7 Å². The quantitative estimate of drug-likeness (QED) is 0.756. The molecule has 2 aromatic carbocycles. The van der Waals surface area contributed by atoms with E-state index in [9.17, 15) is 14.0 Å². The van der Waals surface area contributed by atoms with Crippen molar-refractivity contribution in [2.75, 3.05) is 18.5 Å². The van der Waals surface area contributed by atoms with Gasteiger partial charge >= 0.3 is 0 Å². The lowest BCUT2D eigenvalue weighted by Gasteiger charge is -2.24. The molecule has 2 amide bonds. The molecule has 0 bridgehead atoms. The molecule has 4 rings (SSSR count).